The van der Waals surface area contributed by atoms with Crippen LogP contribution in [0.4, 0.5) is 0 Å². The first kappa shape index (κ1) is 10.6. The molecule has 0 N–H and O–H groups in total. The summed E-state index contributed by atoms with van der Waals surface area (Å²) in [5.74, 6) is -0.140. The molecule has 11 heavy (non-hydrogen) atoms. The van der Waals surface area contributed by atoms with E-state index < -0.39 is 0 Å². The lowest BCUT2D eigenvalue weighted by Gasteiger charge is -2.00. The van der Waals surface area contributed by atoms with E-state index in [4.69, 9.17) is 0 Å². The van der Waals surface area contributed by atoms with Gasteiger partial charge in [-0.1, -0.05) is 6.58 Å². The Balaban J connectivity index is 3.27. The minimum absolute atomic E-state index is 0.140. The van der Waals surface area contributed by atoms with E-state index in [0.717, 1.165) is 17.7 Å². The number of rotatable bonds is 5. The lowest BCUT2D eigenvalue weighted by Crippen LogP contribution is -1.99. The van der Waals surface area contributed by atoms with Crippen LogP contribution in [-0.4, -0.2) is 19.3 Å². The second-order valence-electron chi connectivity index (χ2n) is 2.17. The van der Waals surface area contributed by atoms with Crippen molar-refractivity contribution in [3.05, 3.63) is 11.5 Å². The molecule has 0 radical (unpaired) electrons. The zero-order chi connectivity index (χ0) is 8.69. The van der Waals surface area contributed by atoms with Gasteiger partial charge in [0.1, 0.15) is 0 Å². The highest BCUT2D eigenvalue weighted by molar-refractivity contribution is 8.02. The molecule has 0 aromatic carbocycles. The molecule has 0 unspecified atom stereocenters. The molecule has 0 saturated heterocycles. The van der Waals surface area contributed by atoms with Crippen LogP contribution in [0.2, 0.25) is 0 Å². The highest BCUT2D eigenvalue weighted by atomic mass is 32.2. The van der Waals surface area contributed by atoms with Crippen molar-refractivity contribution in [2.75, 3.05) is 13.4 Å². The molecule has 0 saturated carbocycles. The second-order valence-corrected chi connectivity index (χ2v) is 3.16. The summed E-state index contributed by atoms with van der Waals surface area (Å²) in [5, 5.41) is 0. The van der Waals surface area contributed by atoms with Crippen LogP contribution in [0, 0.1) is 0 Å². The van der Waals surface area contributed by atoms with Crippen molar-refractivity contribution in [1.29, 1.82) is 0 Å². The Morgan fingerprint density at radius 2 is 2.18 bits per heavy atom. The van der Waals surface area contributed by atoms with E-state index >= 15 is 0 Å². The molecule has 0 heterocycles. The van der Waals surface area contributed by atoms with Crippen LogP contribution in [0.15, 0.2) is 11.5 Å². The maximum Gasteiger partial charge on any atom is 0.305 e. The molecule has 0 spiro atoms. The van der Waals surface area contributed by atoms with Gasteiger partial charge in [-0.3, -0.25) is 4.79 Å². The van der Waals surface area contributed by atoms with Crippen molar-refractivity contribution in [3.8, 4) is 0 Å². The molecule has 0 aliphatic rings. The highest BCUT2D eigenvalue weighted by Gasteiger charge is 1.99. The summed E-state index contributed by atoms with van der Waals surface area (Å²) in [6.07, 6.45) is 4.22. The number of hydrogen-bond acceptors (Lipinski definition) is 3. The minimum Gasteiger partial charge on any atom is -0.469 e. The Morgan fingerprint density at radius 1 is 1.55 bits per heavy atom. The second kappa shape index (κ2) is 6.28. The maximum atomic E-state index is 10.6. The first-order valence-corrected chi connectivity index (χ1v) is 4.71. The Morgan fingerprint density at radius 3 is 2.64 bits per heavy atom. The van der Waals surface area contributed by atoms with Gasteiger partial charge in [-0.25, -0.2) is 0 Å². The van der Waals surface area contributed by atoms with E-state index in [0.29, 0.717) is 6.42 Å². The van der Waals surface area contributed by atoms with E-state index in [-0.39, 0.29) is 5.97 Å². The largest absolute Gasteiger partial charge is 0.469 e. The molecule has 0 bridgehead atoms. The predicted molar refractivity (Wildman–Crippen MR) is 48.5 cm³/mol. The van der Waals surface area contributed by atoms with Gasteiger partial charge >= 0.3 is 5.97 Å². The third-order valence-electron chi connectivity index (χ3n) is 1.35. The molecule has 2 nitrogen and oxygen atoms in total. The quantitative estimate of drug-likeness (QED) is 0.598. The monoisotopic (exact) mass is 174 g/mol. The molecule has 0 aliphatic carbocycles. The van der Waals surface area contributed by atoms with Gasteiger partial charge in [-0.05, 0) is 24.0 Å². The van der Waals surface area contributed by atoms with E-state index in [1.807, 2.05) is 6.26 Å². The fraction of sp³-hybridized carbons (Fsp3) is 0.625. The number of carbonyl (C=O) groups excluding carboxylic acids is 1. The van der Waals surface area contributed by atoms with E-state index in [9.17, 15) is 4.79 Å². The van der Waals surface area contributed by atoms with Crippen molar-refractivity contribution in [2.45, 2.75) is 19.3 Å². The fourth-order valence-electron chi connectivity index (χ4n) is 0.634. The van der Waals surface area contributed by atoms with Gasteiger partial charge in [-0.15, -0.1) is 11.8 Å². The molecule has 0 rings (SSSR count). The number of ether oxygens (including phenoxy) is 1. The van der Waals surface area contributed by atoms with Crippen LogP contribution in [0.25, 0.3) is 0 Å². The minimum atomic E-state index is -0.140. The van der Waals surface area contributed by atoms with E-state index in [1.54, 1.807) is 11.8 Å². The van der Waals surface area contributed by atoms with Gasteiger partial charge in [-0.2, -0.15) is 0 Å². The van der Waals surface area contributed by atoms with Crippen LogP contribution in [0.3, 0.4) is 0 Å². The molecule has 3 heteroatoms. The first-order valence-electron chi connectivity index (χ1n) is 3.49. The topological polar surface area (TPSA) is 26.3 Å². The third-order valence-corrected chi connectivity index (χ3v) is 2.13. The van der Waals surface area contributed by atoms with E-state index in [1.165, 1.54) is 7.11 Å². The molecule has 0 atom stereocenters. The van der Waals surface area contributed by atoms with Crippen molar-refractivity contribution < 1.29 is 9.53 Å². The predicted octanol–water partition coefficient (Wildman–Crippen LogP) is 2.21. The van der Waals surface area contributed by atoms with Crippen molar-refractivity contribution in [3.63, 3.8) is 0 Å². The van der Waals surface area contributed by atoms with Crippen LogP contribution in [-0.2, 0) is 9.53 Å². The van der Waals surface area contributed by atoms with E-state index in [2.05, 4.69) is 11.3 Å². The molecule has 0 aromatic rings. The van der Waals surface area contributed by atoms with Crippen molar-refractivity contribution in [2.24, 2.45) is 0 Å². The lowest BCUT2D eigenvalue weighted by atomic mass is 10.2. The van der Waals surface area contributed by atoms with Gasteiger partial charge in [0.15, 0.2) is 0 Å². The van der Waals surface area contributed by atoms with Gasteiger partial charge in [0.2, 0.25) is 0 Å². The van der Waals surface area contributed by atoms with Gasteiger partial charge in [0.25, 0.3) is 0 Å². The van der Waals surface area contributed by atoms with Crippen LogP contribution >= 0.6 is 11.8 Å². The summed E-state index contributed by atoms with van der Waals surface area (Å²) in [6, 6.07) is 0. The summed E-state index contributed by atoms with van der Waals surface area (Å²) in [6.45, 7) is 3.81. The standard InChI is InChI=1S/C8H14O2S/c1-7(11-3)5-4-6-8(9)10-2/h1,4-6H2,2-3H3. The van der Waals surface area contributed by atoms with Gasteiger partial charge in [0, 0.05) is 6.42 Å². The number of carbonyl (C=O) groups is 1. The molecular formula is C8H14O2S. The zero-order valence-corrected chi connectivity index (χ0v) is 7.87. The average Bonchev–Trinajstić information content (AvgIpc) is 2.04. The molecule has 64 valence electrons. The summed E-state index contributed by atoms with van der Waals surface area (Å²) >= 11 is 1.64. The smallest absolute Gasteiger partial charge is 0.305 e. The normalized spacial score (nSPS) is 9.27. The Hall–Kier alpha value is -0.440. The Labute approximate surface area is 72.0 Å². The maximum absolute atomic E-state index is 10.6. The molecule has 0 aliphatic heterocycles. The lowest BCUT2D eigenvalue weighted by molar-refractivity contribution is -0.140. The molecule has 0 amide bonds. The number of esters is 1. The average molecular weight is 174 g/mol. The Bertz CT molecular complexity index is 127. The number of thioether (sulfide) groups is 1. The van der Waals surface area contributed by atoms with Crippen LogP contribution in [0.5, 0.6) is 0 Å². The molecule has 0 aromatic heterocycles. The summed E-state index contributed by atoms with van der Waals surface area (Å²) < 4.78 is 4.49. The van der Waals surface area contributed by atoms with Crippen LogP contribution in [0.1, 0.15) is 19.3 Å². The van der Waals surface area contributed by atoms with Crippen molar-refractivity contribution >= 4 is 17.7 Å². The highest BCUT2D eigenvalue weighted by Crippen LogP contribution is 2.15. The SMILES string of the molecule is C=C(CCCC(=O)OC)SC. The van der Waals surface area contributed by atoms with Crippen molar-refractivity contribution in [1.82, 2.24) is 0 Å². The number of methoxy groups -OCH3 is 1. The number of allylic oxidation sites excluding steroid dienone is 1. The summed E-state index contributed by atoms with van der Waals surface area (Å²) in [7, 11) is 1.41. The number of hydrogen-bond donors (Lipinski definition) is 0. The molecular weight excluding hydrogens is 160 g/mol. The van der Waals surface area contributed by atoms with Gasteiger partial charge < -0.3 is 4.74 Å². The van der Waals surface area contributed by atoms with Crippen LogP contribution < -0.4 is 0 Å². The summed E-state index contributed by atoms with van der Waals surface area (Å²) in [5.41, 5.74) is 0. The fourth-order valence-corrected chi connectivity index (χ4v) is 0.982. The first-order chi connectivity index (χ1) is 5.20. The van der Waals surface area contributed by atoms with Gasteiger partial charge in [0.05, 0.1) is 7.11 Å². The molecule has 0 fully saturated rings. The summed E-state index contributed by atoms with van der Waals surface area (Å²) in [4.78, 5) is 11.7. The zero-order valence-electron chi connectivity index (χ0n) is 7.05. The third kappa shape index (κ3) is 5.98. The Kier molecular flexibility index (Phi) is 6.03.